The molecule has 0 aliphatic carbocycles. The molecule has 0 unspecified atom stereocenters. The Hall–Kier alpha value is -2.60. The standard InChI is InChI=1S/C15H14ClN3O3/c1-10-8-12(2-3-13(10)16)21-9-14(20)22-19-15(17)11-4-6-18-7-5-11/h2-8H,9H2,1H3,(H2,17,19)/p+1. The van der Waals surface area contributed by atoms with Crippen molar-refractivity contribution in [1.29, 1.82) is 0 Å². The summed E-state index contributed by atoms with van der Waals surface area (Å²) in [4.78, 5) is 19.1. The zero-order valence-corrected chi connectivity index (χ0v) is 12.6. The van der Waals surface area contributed by atoms with Gasteiger partial charge in [-0.05, 0) is 30.7 Å². The van der Waals surface area contributed by atoms with E-state index in [0.29, 0.717) is 16.3 Å². The van der Waals surface area contributed by atoms with E-state index >= 15 is 0 Å². The van der Waals surface area contributed by atoms with Gasteiger partial charge in [0.25, 0.3) is 0 Å². The zero-order chi connectivity index (χ0) is 15.9. The Balaban J connectivity index is 1.86. The van der Waals surface area contributed by atoms with Crippen LogP contribution in [0.15, 0.2) is 47.9 Å². The summed E-state index contributed by atoms with van der Waals surface area (Å²) in [6.45, 7) is 1.57. The first-order chi connectivity index (χ1) is 10.6. The quantitative estimate of drug-likeness (QED) is 0.393. The Morgan fingerprint density at radius 3 is 2.73 bits per heavy atom. The molecule has 6 nitrogen and oxygen atoms in total. The number of nitrogens with one attached hydrogen (secondary N) is 1. The van der Waals surface area contributed by atoms with E-state index in [2.05, 4.69) is 10.1 Å². The molecule has 0 radical (unpaired) electrons. The number of nitrogens with two attached hydrogens (primary N) is 1. The van der Waals surface area contributed by atoms with Crippen LogP contribution in [0.1, 0.15) is 11.1 Å². The molecule has 0 spiro atoms. The number of pyridine rings is 1. The molecule has 1 aromatic heterocycles. The fraction of sp³-hybridized carbons (Fsp3) is 0.133. The predicted octanol–water partition coefficient (Wildman–Crippen LogP) is 1.71. The van der Waals surface area contributed by atoms with Crippen LogP contribution >= 0.6 is 11.6 Å². The lowest BCUT2D eigenvalue weighted by Gasteiger charge is -2.06. The number of amidine groups is 1. The minimum Gasteiger partial charge on any atom is -0.482 e. The number of hydrogen-bond donors (Lipinski definition) is 1. The number of halogens is 1. The molecule has 0 fully saturated rings. The van der Waals surface area contributed by atoms with E-state index in [1.807, 2.05) is 6.92 Å². The largest absolute Gasteiger partial charge is 0.482 e. The van der Waals surface area contributed by atoms with Gasteiger partial charge in [-0.15, -0.1) is 0 Å². The molecule has 2 aromatic rings. The van der Waals surface area contributed by atoms with Crippen LogP contribution in [0, 0.1) is 6.92 Å². The van der Waals surface area contributed by atoms with Crippen molar-refractivity contribution in [3.63, 3.8) is 0 Å². The monoisotopic (exact) mass is 320 g/mol. The highest BCUT2D eigenvalue weighted by atomic mass is 35.5. The first kappa shape index (κ1) is 15.8. The second-order valence-electron chi connectivity index (χ2n) is 4.43. The van der Waals surface area contributed by atoms with Crippen molar-refractivity contribution in [3.05, 3.63) is 58.9 Å². The molecule has 114 valence electrons. The number of aromatic amines is 1. The maximum absolute atomic E-state index is 11.6. The molecule has 2 rings (SSSR count). The molecule has 22 heavy (non-hydrogen) atoms. The number of carbonyl (C=O) groups is 1. The number of benzene rings is 1. The summed E-state index contributed by atoms with van der Waals surface area (Å²) in [5.41, 5.74) is 7.19. The smallest absolute Gasteiger partial charge is 0.372 e. The van der Waals surface area contributed by atoms with Crippen molar-refractivity contribution >= 4 is 23.4 Å². The topological polar surface area (TPSA) is 88.0 Å². The summed E-state index contributed by atoms with van der Waals surface area (Å²) in [7, 11) is 0. The molecule has 0 bridgehead atoms. The fourth-order valence-electron chi connectivity index (χ4n) is 1.59. The van der Waals surface area contributed by atoms with Crippen LogP contribution in [-0.2, 0) is 9.63 Å². The number of nitrogens with zero attached hydrogens (tertiary/aromatic N) is 1. The molecule has 1 heterocycles. The Kier molecular flexibility index (Phi) is 5.32. The minimum absolute atomic E-state index is 0.102. The van der Waals surface area contributed by atoms with Gasteiger partial charge in [-0.25, -0.2) is 9.78 Å². The first-order valence-corrected chi connectivity index (χ1v) is 6.83. The number of aryl methyl sites for hydroxylation is 1. The molecule has 1 aromatic carbocycles. The van der Waals surface area contributed by atoms with Crippen LogP contribution < -0.4 is 15.5 Å². The van der Waals surface area contributed by atoms with Crippen molar-refractivity contribution in [1.82, 2.24) is 0 Å². The maximum Gasteiger partial charge on any atom is 0.372 e. The fourth-order valence-corrected chi connectivity index (χ4v) is 1.70. The second kappa shape index (κ2) is 7.42. The summed E-state index contributed by atoms with van der Waals surface area (Å²) in [6, 6.07) is 8.51. The Bertz CT molecular complexity index is 690. The van der Waals surface area contributed by atoms with E-state index in [-0.39, 0.29) is 12.4 Å². The Labute approximate surface area is 132 Å². The molecule has 0 aliphatic rings. The number of H-pyrrole nitrogens is 1. The molecule has 0 saturated heterocycles. The van der Waals surface area contributed by atoms with Gasteiger partial charge in [0.05, 0.1) is 0 Å². The van der Waals surface area contributed by atoms with E-state index < -0.39 is 5.97 Å². The summed E-state index contributed by atoms with van der Waals surface area (Å²) >= 11 is 5.91. The van der Waals surface area contributed by atoms with E-state index in [9.17, 15) is 4.79 Å². The Morgan fingerprint density at radius 2 is 2.05 bits per heavy atom. The van der Waals surface area contributed by atoms with Crippen LogP contribution in [0.3, 0.4) is 0 Å². The third kappa shape index (κ3) is 4.46. The summed E-state index contributed by atoms with van der Waals surface area (Å²) in [5, 5.41) is 4.20. The predicted molar refractivity (Wildman–Crippen MR) is 81.5 cm³/mol. The van der Waals surface area contributed by atoms with Gasteiger partial charge in [0.1, 0.15) is 5.75 Å². The van der Waals surface area contributed by atoms with Crippen LogP contribution in [0.5, 0.6) is 5.75 Å². The minimum atomic E-state index is -0.655. The van der Waals surface area contributed by atoms with Crippen molar-refractivity contribution in [2.24, 2.45) is 10.9 Å². The zero-order valence-electron chi connectivity index (χ0n) is 11.9. The van der Waals surface area contributed by atoms with Crippen LogP contribution in [0.4, 0.5) is 0 Å². The molecular formula is C15H15ClN3O3+. The average molecular weight is 321 g/mol. The number of oxime groups is 1. The van der Waals surface area contributed by atoms with Gasteiger partial charge in [0.2, 0.25) is 0 Å². The van der Waals surface area contributed by atoms with E-state index in [4.69, 9.17) is 26.9 Å². The third-order valence-corrected chi connectivity index (χ3v) is 3.17. The molecule has 0 aliphatic heterocycles. The maximum atomic E-state index is 11.6. The van der Waals surface area contributed by atoms with Crippen molar-refractivity contribution in [2.75, 3.05) is 6.61 Å². The van der Waals surface area contributed by atoms with Crippen molar-refractivity contribution in [2.45, 2.75) is 6.92 Å². The SMILES string of the molecule is Cc1cc(OCC(=O)ON=C(N)c2cc[nH+]cc2)ccc1Cl. The Morgan fingerprint density at radius 1 is 1.32 bits per heavy atom. The summed E-state index contributed by atoms with van der Waals surface area (Å²) in [5.74, 6) is -0.0304. The molecule has 0 amide bonds. The van der Waals surface area contributed by atoms with Gasteiger partial charge in [-0.1, -0.05) is 16.8 Å². The highest BCUT2D eigenvalue weighted by Gasteiger charge is 2.07. The molecule has 7 heteroatoms. The lowest BCUT2D eigenvalue weighted by Crippen LogP contribution is -2.18. The van der Waals surface area contributed by atoms with Gasteiger partial charge in [0.15, 0.2) is 24.8 Å². The molecule has 0 saturated carbocycles. The highest BCUT2D eigenvalue weighted by molar-refractivity contribution is 6.31. The normalized spacial score (nSPS) is 11.1. The number of hydrogen-bond acceptors (Lipinski definition) is 4. The van der Waals surface area contributed by atoms with Crippen LogP contribution in [-0.4, -0.2) is 18.4 Å². The van der Waals surface area contributed by atoms with Crippen LogP contribution in [0.25, 0.3) is 0 Å². The highest BCUT2D eigenvalue weighted by Crippen LogP contribution is 2.20. The second-order valence-corrected chi connectivity index (χ2v) is 4.84. The van der Waals surface area contributed by atoms with Crippen molar-refractivity contribution < 1.29 is 19.4 Å². The average Bonchev–Trinajstić information content (AvgIpc) is 2.54. The number of rotatable bonds is 5. The van der Waals surface area contributed by atoms with Gasteiger partial charge in [0, 0.05) is 22.7 Å². The number of carbonyl (C=O) groups excluding carboxylic acids is 1. The molecule has 3 N–H and O–H groups in total. The third-order valence-electron chi connectivity index (χ3n) is 2.75. The number of ether oxygens (including phenoxy) is 1. The summed E-state index contributed by atoms with van der Waals surface area (Å²) < 4.78 is 5.29. The number of aromatic nitrogens is 1. The van der Waals surface area contributed by atoms with Gasteiger partial charge >= 0.3 is 5.97 Å². The van der Waals surface area contributed by atoms with Gasteiger partial charge in [-0.3, -0.25) is 0 Å². The molecular weight excluding hydrogens is 306 g/mol. The molecule has 0 atom stereocenters. The van der Waals surface area contributed by atoms with E-state index in [1.54, 1.807) is 42.7 Å². The lowest BCUT2D eigenvalue weighted by molar-refractivity contribution is -0.378. The first-order valence-electron chi connectivity index (χ1n) is 6.45. The van der Waals surface area contributed by atoms with E-state index in [1.165, 1.54) is 0 Å². The van der Waals surface area contributed by atoms with Gasteiger partial charge < -0.3 is 15.3 Å². The van der Waals surface area contributed by atoms with E-state index in [0.717, 1.165) is 5.56 Å². The van der Waals surface area contributed by atoms with Gasteiger partial charge in [-0.2, -0.15) is 0 Å². The summed E-state index contributed by atoms with van der Waals surface area (Å²) in [6.07, 6.45) is 3.37. The van der Waals surface area contributed by atoms with Crippen LogP contribution in [0.2, 0.25) is 5.02 Å². The van der Waals surface area contributed by atoms with Crippen molar-refractivity contribution in [3.8, 4) is 5.75 Å². The lowest BCUT2D eigenvalue weighted by atomic mass is 10.2.